The summed E-state index contributed by atoms with van der Waals surface area (Å²) < 4.78 is 34.0. The molecule has 8 nitrogen and oxygen atoms in total. The molecule has 2 amide bonds. The Bertz CT molecular complexity index is 1590. The molecule has 41 heavy (non-hydrogen) atoms. The predicted molar refractivity (Wildman–Crippen MR) is 154 cm³/mol. The lowest BCUT2D eigenvalue weighted by Crippen LogP contribution is -2.17. The van der Waals surface area contributed by atoms with Crippen LogP contribution in [0.2, 0.25) is 0 Å². The van der Waals surface area contributed by atoms with Gasteiger partial charge < -0.3 is 20.8 Å². The van der Waals surface area contributed by atoms with Crippen molar-refractivity contribution < 1.29 is 23.1 Å². The number of hydrogen-bond donors (Lipinski definition) is 3. The third-order valence-corrected chi connectivity index (χ3v) is 5.80. The van der Waals surface area contributed by atoms with E-state index in [0.29, 0.717) is 29.1 Å². The molecule has 4 rings (SSSR count). The third kappa shape index (κ3) is 7.48. The van der Waals surface area contributed by atoms with E-state index in [1.165, 1.54) is 65.7 Å². The Morgan fingerprint density at radius 3 is 2.54 bits per heavy atom. The van der Waals surface area contributed by atoms with Crippen molar-refractivity contribution >= 4 is 35.5 Å². The average molecular weight is 554 g/mol. The number of pyridine rings is 1. The van der Waals surface area contributed by atoms with Crippen molar-refractivity contribution in [3.63, 3.8) is 0 Å². The van der Waals surface area contributed by atoms with Gasteiger partial charge in [0, 0.05) is 59.6 Å². The zero-order chi connectivity index (χ0) is 29.2. The molecule has 0 unspecified atom stereocenters. The van der Waals surface area contributed by atoms with E-state index >= 15 is 4.39 Å². The molecule has 0 saturated heterocycles. The fourth-order valence-corrected chi connectivity index (χ4v) is 3.66. The Morgan fingerprint density at radius 2 is 1.85 bits per heavy atom. The Labute approximate surface area is 235 Å². The van der Waals surface area contributed by atoms with Crippen LogP contribution in [0.5, 0.6) is 5.75 Å². The van der Waals surface area contributed by atoms with Crippen LogP contribution in [0.1, 0.15) is 12.5 Å². The van der Waals surface area contributed by atoms with Gasteiger partial charge in [0.1, 0.15) is 5.82 Å². The highest BCUT2D eigenvalue weighted by molar-refractivity contribution is 6.03. The first-order chi connectivity index (χ1) is 19.9. The quantitative estimate of drug-likeness (QED) is 0.126. The predicted octanol–water partition coefficient (Wildman–Crippen LogP) is 5.86. The standard InChI is InChI=1S/C31H25F2N5O3/c1-21(3-2-16-38(20-39)26-7-4-24(32)5-8-26)31(40)37-25-6-9-29(27(33)18-25)41-30-17-23(19-36-28(30)10-13-34)22-11-14-35-15-12-22/h2-20,34,36H,1H3,(H,37,40)/b16-2-,21-3+,28-10-,34-13?. The highest BCUT2D eigenvalue weighted by Crippen LogP contribution is 2.29. The summed E-state index contributed by atoms with van der Waals surface area (Å²) >= 11 is 0. The van der Waals surface area contributed by atoms with Crippen molar-refractivity contribution in [2.24, 2.45) is 0 Å². The number of amides is 2. The molecule has 10 heteroatoms. The van der Waals surface area contributed by atoms with Gasteiger partial charge in [0.15, 0.2) is 17.3 Å². The molecule has 0 bridgehead atoms. The Kier molecular flexibility index (Phi) is 9.29. The molecule has 1 aromatic heterocycles. The number of rotatable bonds is 10. The summed E-state index contributed by atoms with van der Waals surface area (Å²) in [5.41, 5.74) is 3.07. The number of anilines is 2. The summed E-state index contributed by atoms with van der Waals surface area (Å²) in [7, 11) is 0. The van der Waals surface area contributed by atoms with E-state index in [-0.39, 0.29) is 11.4 Å². The molecular formula is C31H25F2N5O3. The topological polar surface area (TPSA) is 107 Å². The maximum Gasteiger partial charge on any atom is 0.251 e. The second-order valence-corrected chi connectivity index (χ2v) is 8.62. The van der Waals surface area contributed by atoms with Crippen molar-refractivity contribution in [2.75, 3.05) is 10.2 Å². The van der Waals surface area contributed by atoms with Crippen molar-refractivity contribution in [3.05, 3.63) is 138 Å². The maximum atomic E-state index is 15.0. The highest BCUT2D eigenvalue weighted by atomic mass is 19.1. The van der Waals surface area contributed by atoms with Crippen LogP contribution < -0.4 is 20.3 Å². The molecule has 1 aliphatic rings. The molecule has 3 N–H and O–H groups in total. The van der Waals surface area contributed by atoms with Gasteiger partial charge >= 0.3 is 0 Å². The number of halogens is 2. The van der Waals surface area contributed by atoms with E-state index in [2.05, 4.69) is 15.6 Å². The van der Waals surface area contributed by atoms with Crippen LogP contribution >= 0.6 is 0 Å². The van der Waals surface area contributed by atoms with Crippen LogP contribution in [-0.2, 0) is 9.59 Å². The van der Waals surface area contributed by atoms with E-state index in [0.717, 1.165) is 23.4 Å². The fourth-order valence-electron chi connectivity index (χ4n) is 3.66. The van der Waals surface area contributed by atoms with Crippen LogP contribution in [0, 0.1) is 17.0 Å². The van der Waals surface area contributed by atoms with Crippen LogP contribution in [0.3, 0.4) is 0 Å². The zero-order valence-electron chi connectivity index (χ0n) is 21.8. The van der Waals surface area contributed by atoms with Crippen LogP contribution in [0.4, 0.5) is 20.2 Å². The van der Waals surface area contributed by atoms with E-state index in [9.17, 15) is 14.0 Å². The number of dihydropyridines is 1. The van der Waals surface area contributed by atoms with Crippen LogP contribution in [0.25, 0.3) is 5.57 Å². The monoisotopic (exact) mass is 553 g/mol. The van der Waals surface area contributed by atoms with Gasteiger partial charge in [-0.25, -0.2) is 8.78 Å². The minimum atomic E-state index is -0.708. The largest absolute Gasteiger partial charge is 0.452 e. The minimum Gasteiger partial charge on any atom is -0.452 e. The SMILES string of the molecule is C/C(=C\C=C/N(C=O)c1ccc(F)cc1)C(=O)Nc1ccc(OC2=CC(c3ccncc3)=CN/C2=C\C=N)c(F)c1. The van der Waals surface area contributed by atoms with Gasteiger partial charge in [-0.1, -0.05) is 6.08 Å². The number of carbonyl (C=O) groups excluding carboxylic acids is 2. The van der Waals surface area contributed by atoms with Gasteiger partial charge in [0.05, 0.1) is 5.70 Å². The van der Waals surface area contributed by atoms with Crippen molar-refractivity contribution in [1.82, 2.24) is 10.3 Å². The van der Waals surface area contributed by atoms with Gasteiger partial charge in [-0.3, -0.25) is 19.5 Å². The van der Waals surface area contributed by atoms with Crippen LogP contribution in [0.15, 0.2) is 121 Å². The second kappa shape index (κ2) is 13.4. The molecule has 206 valence electrons. The van der Waals surface area contributed by atoms with E-state index in [4.69, 9.17) is 10.1 Å². The van der Waals surface area contributed by atoms with E-state index in [1.54, 1.807) is 31.6 Å². The first kappa shape index (κ1) is 28.4. The smallest absolute Gasteiger partial charge is 0.251 e. The summed E-state index contributed by atoms with van der Waals surface area (Å²) in [5, 5.41) is 13.1. The van der Waals surface area contributed by atoms with Gasteiger partial charge in [-0.15, -0.1) is 0 Å². The molecular weight excluding hydrogens is 528 g/mol. The number of benzene rings is 2. The molecule has 0 spiro atoms. The molecule has 0 atom stereocenters. The van der Waals surface area contributed by atoms with Gasteiger partial charge in [-0.2, -0.15) is 0 Å². The maximum absolute atomic E-state index is 15.0. The Balaban J connectivity index is 1.44. The number of allylic oxidation sites excluding steroid dienone is 5. The first-order valence-corrected chi connectivity index (χ1v) is 12.3. The van der Waals surface area contributed by atoms with Crippen LogP contribution in [-0.4, -0.2) is 23.5 Å². The molecule has 1 aliphatic heterocycles. The fraction of sp³-hybridized carbons (Fsp3) is 0.0323. The molecule has 2 heterocycles. The van der Waals surface area contributed by atoms with Gasteiger partial charge in [0.2, 0.25) is 6.41 Å². The number of carbonyl (C=O) groups is 2. The number of nitrogens with zero attached hydrogens (tertiary/aromatic N) is 2. The molecule has 0 saturated carbocycles. The van der Waals surface area contributed by atoms with Gasteiger partial charge in [-0.05, 0) is 79.2 Å². The molecule has 3 aromatic rings. The van der Waals surface area contributed by atoms with Gasteiger partial charge in [0.25, 0.3) is 5.91 Å². The Hall–Kier alpha value is -5.64. The summed E-state index contributed by atoms with van der Waals surface area (Å²) in [4.78, 5) is 29.2. The summed E-state index contributed by atoms with van der Waals surface area (Å²) in [5.74, 6) is -1.39. The lowest BCUT2D eigenvalue weighted by molar-refractivity contribution is -0.112. The summed E-state index contributed by atoms with van der Waals surface area (Å²) in [6.45, 7) is 1.56. The summed E-state index contributed by atoms with van der Waals surface area (Å²) in [6, 6.07) is 13.0. The van der Waals surface area contributed by atoms with Crippen molar-refractivity contribution in [3.8, 4) is 5.75 Å². The number of aromatic nitrogens is 1. The number of nitrogens with one attached hydrogen (secondary N) is 3. The Morgan fingerprint density at radius 1 is 1.10 bits per heavy atom. The second-order valence-electron chi connectivity index (χ2n) is 8.62. The average Bonchev–Trinajstić information content (AvgIpc) is 2.98. The zero-order valence-corrected chi connectivity index (χ0v) is 21.8. The van der Waals surface area contributed by atoms with Crippen molar-refractivity contribution in [2.45, 2.75) is 6.92 Å². The third-order valence-electron chi connectivity index (χ3n) is 5.80. The van der Waals surface area contributed by atoms with E-state index in [1.807, 2.05) is 12.1 Å². The normalized spacial score (nSPS) is 14.1. The number of ether oxygens (including phenoxy) is 1. The minimum absolute atomic E-state index is 0.0761. The summed E-state index contributed by atoms with van der Waals surface area (Å²) in [6.07, 6.45) is 14.3. The lowest BCUT2D eigenvalue weighted by Gasteiger charge is -2.19. The molecule has 0 radical (unpaired) electrons. The molecule has 0 aliphatic carbocycles. The lowest BCUT2D eigenvalue weighted by atomic mass is 10.0. The van der Waals surface area contributed by atoms with Crippen molar-refractivity contribution in [1.29, 1.82) is 5.41 Å². The first-order valence-electron chi connectivity index (χ1n) is 12.3. The number of hydrogen-bond acceptors (Lipinski definition) is 6. The highest BCUT2D eigenvalue weighted by Gasteiger charge is 2.17. The molecule has 2 aromatic carbocycles. The molecule has 0 fully saturated rings. The van der Waals surface area contributed by atoms with E-state index < -0.39 is 17.5 Å².